The molecule has 2 heteroatoms. The summed E-state index contributed by atoms with van der Waals surface area (Å²) in [5.41, 5.74) is 0.581. The van der Waals surface area contributed by atoms with Gasteiger partial charge in [0.2, 0.25) is 0 Å². The molecule has 1 saturated heterocycles. The van der Waals surface area contributed by atoms with Gasteiger partial charge in [-0.25, -0.2) is 0 Å². The first kappa shape index (κ1) is 6.72. The van der Waals surface area contributed by atoms with Crippen LogP contribution in [0.25, 0.3) is 0 Å². The molecule has 0 amide bonds. The Balaban J connectivity index is 1.86. The van der Waals surface area contributed by atoms with E-state index in [9.17, 15) is 0 Å². The Morgan fingerprint density at radius 3 is 2.83 bits per heavy atom. The van der Waals surface area contributed by atoms with Gasteiger partial charge in [-0.05, 0) is 25.0 Å². The lowest BCUT2D eigenvalue weighted by atomic mass is 9.59. The fraction of sp³-hybridized carbons (Fsp3) is 0.600. The van der Waals surface area contributed by atoms with Crippen molar-refractivity contribution in [2.75, 3.05) is 6.54 Å². The van der Waals surface area contributed by atoms with Gasteiger partial charge < -0.3 is 9.73 Å². The Labute approximate surface area is 72.0 Å². The van der Waals surface area contributed by atoms with Crippen LogP contribution in [0.5, 0.6) is 0 Å². The second kappa shape index (κ2) is 2.13. The zero-order chi connectivity index (χ0) is 8.02. The second-order valence-electron chi connectivity index (χ2n) is 4.05. The maximum atomic E-state index is 5.41. The van der Waals surface area contributed by atoms with Crippen LogP contribution in [0.2, 0.25) is 0 Å². The maximum absolute atomic E-state index is 5.41. The van der Waals surface area contributed by atoms with E-state index in [1.807, 2.05) is 6.07 Å². The highest BCUT2D eigenvalue weighted by Crippen LogP contribution is 2.55. The molecule has 0 radical (unpaired) electrons. The lowest BCUT2D eigenvalue weighted by Gasteiger charge is -2.55. The van der Waals surface area contributed by atoms with Crippen molar-refractivity contribution in [2.24, 2.45) is 5.41 Å². The van der Waals surface area contributed by atoms with Gasteiger partial charge in [0.25, 0.3) is 0 Å². The van der Waals surface area contributed by atoms with Crippen molar-refractivity contribution in [3.63, 3.8) is 0 Å². The molecule has 0 aromatic carbocycles. The minimum absolute atomic E-state index is 0.515. The highest BCUT2D eigenvalue weighted by atomic mass is 16.3. The lowest BCUT2D eigenvalue weighted by molar-refractivity contribution is -0.0159. The van der Waals surface area contributed by atoms with Gasteiger partial charge in [-0.3, -0.25) is 0 Å². The van der Waals surface area contributed by atoms with E-state index in [2.05, 4.69) is 11.4 Å². The Hall–Kier alpha value is -0.760. The Kier molecular flexibility index (Phi) is 1.20. The molecule has 12 heavy (non-hydrogen) atoms. The van der Waals surface area contributed by atoms with E-state index >= 15 is 0 Å². The van der Waals surface area contributed by atoms with Crippen molar-refractivity contribution in [1.82, 2.24) is 5.32 Å². The van der Waals surface area contributed by atoms with Gasteiger partial charge in [0.05, 0.1) is 12.3 Å². The van der Waals surface area contributed by atoms with E-state index in [1.54, 1.807) is 6.26 Å². The first-order valence-electron chi connectivity index (χ1n) is 4.68. The van der Waals surface area contributed by atoms with Crippen molar-refractivity contribution in [3.05, 3.63) is 24.2 Å². The predicted molar refractivity (Wildman–Crippen MR) is 45.7 cm³/mol. The fourth-order valence-corrected chi connectivity index (χ4v) is 2.45. The summed E-state index contributed by atoms with van der Waals surface area (Å²) in [7, 11) is 0. The molecule has 2 aliphatic rings. The van der Waals surface area contributed by atoms with E-state index in [0.717, 1.165) is 5.76 Å². The fourth-order valence-electron chi connectivity index (χ4n) is 2.45. The van der Waals surface area contributed by atoms with Gasteiger partial charge in [-0.1, -0.05) is 6.42 Å². The SMILES string of the molecule is c1coc([C@H]2NCC23CCC3)c1. The Morgan fingerprint density at radius 1 is 1.50 bits per heavy atom. The number of furan rings is 1. The van der Waals surface area contributed by atoms with Crippen molar-refractivity contribution < 1.29 is 4.42 Å². The van der Waals surface area contributed by atoms with Crippen molar-refractivity contribution in [1.29, 1.82) is 0 Å². The van der Waals surface area contributed by atoms with Gasteiger partial charge in [0, 0.05) is 12.0 Å². The lowest BCUT2D eigenvalue weighted by Crippen LogP contribution is -2.59. The molecule has 0 bridgehead atoms. The van der Waals surface area contributed by atoms with Crippen molar-refractivity contribution in [2.45, 2.75) is 25.3 Å². The third-order valence-corrected chi connectivity index (χ3v) is 3.45. The summed E-state index contributed by atoms with van der Waals surface area (Å²) in [4.78, 5) is 0. The molecule has 1 aromatic rings. The van der Waals surface area contributed by atoms with Crippen LogP contribution >= 0.6 is 0 Å². The molecular weight excluding hydrogens is 150 g/mol. The summed E-state index contributed by atoms with van der Waals surface area (Å²) in [6.45, 7) is 1.19. The van der Waals surface area contributed by atoms with Gasteiger partial charge >= 0.3 is 0 Å². The minimum Gasteiger partial charge on any atom is -0.468 e. The summed E-state index contributed by atoms with van der Waals surface area (Å²) in [6, 6.07) is 4.57. The van der Waals surface area contributed by atoms with Crippen LogP contribution in [0.4, 0.5) is 0 Å². The molecule has 1 aliphatic carbocycles. The molecule has 1 N–H and O–H groups in total. The van der Waals surface area contributed by atoms with Crippen LogP contribution in [-0.4, -0.2) is 6.54 Å². The van der Waals surface area contributed by atoms with Crippen LogP contribution in [-0.2, 0) is 0 Å². The molecule has 1 aliphatic heterocycles. The van der Waals surface area contributed by atoms with E-state index in [-0.39, 0.29) is 0 Å². The van der Waals surface area contributed by atoms with Crippen LogP contribution in [0.15, 0.2) is 22.8 Å². The smallest absolute Gasteiger partial charge is 0.121 e. The Morgan fingerprint density at radius 2 is 2.42 bits per heavy atom. The number of hydrogen-bond donors (Lipinski definition) is 1. The third-order valence-electron chi connectivity index (χ3n) is 3.45. The summed E-state index contributed by atoms with van der Waals surface area (Å²) >= 11 is 0. The molecule has 1 spiro atoms. The van der Waals surface area contributed by atoms with Crippen LogP contribution in [0, 0.1) is 5.41 Å². The number of hydrogen-bond acceptors (Lipinski definition) is 2. The monoisotopic (exact) mass is 163 g/mol. The molecule has 1 atom stereocenters. The predicted octanol–water partition coefficient (Wildman–Crippen LogP) is 2.09. The van der Waals surface area contributed by atoms with E-state index in [0.29, 0.717) is 11.5 Å². The number of rotatable bonds is 1. The molecule has 1 saturated carbocycles. The second-order valence-corrected chi connectivity index (χ2v) is 4.05. The van der Waals surface area contributed by atoms with E-state index < -0.39 is 0 Å². The zero-order valence-electron chi connectivity index (χ0n) is 7.05. The zero-order valence-corrected chi connectivity index (χ0v) is 7.05. The molecule has 2 heterocycles. The van der Waals surface area contributed by atoms with Gasteiger partial charge in [0.15, 0.2) is 0 Å². The van der Waals surface area contributed by atoms with Crippen LogP contribution in [0.1, 0.15) is 31.1 Å². The van der Waals surface area contributed by atoms with Crippen molar-refractivity contribution in [3.8, 4) is 0 Å². The summed E-state index contributed by atoms with van der Waals surface area (Å²) in [5.74, 6) is 1.13. The average molecular weight is 163 g/mol. The molecule has 3 rings (SSSR count). The summed E-state index contributed by atoms with van der Waals surface area (Å²) in [6.07, 6.45) is 5.93. The van der Waals surface area contributed by atoms with Gasteiger partial charge in [-0.2, -0.15) is 0 Å². The molecule has 0 unspecified atom stereocenters. The highest BCUT2D eigenvalue weighted by molar-refractivity contribution is 5.17. The van der Waals surface area contributed by atoms with E-state index in [1.165, 1.54) is 25.8 Å². The van der Waals surface area contributed by atoms with Crippen LogP contribution in [0.3, 0.4) is 0 Å². The maximum Gasteiger partial charge on any atom is 0.121 e. The third kappa shape index (κ3) is 0.686. The standard InChI is InChI=1S/C10H13NO/c1-3-8(12-6-1)9-10(7-11-9)4-2-5-10/h1,3,6,9,11H,2,4-5,7H2/t9-/m1/s1. The first-order valence-corrected chi connectivity index (χ1v) is 4.68. The molecular formula is C10H13NO. The normalized spacial score (nSPS) is 31.2. The van der Waals surface area contributed by atoms with Gasteiger partial charge in [0.1, 0.15) is 5.76 Å². The summed E-state index contributed by atoms with van der Waals surface area (Å²) in [5, 5.41) is 3.45. The quantitative estimate of drug-likeness (QED) is 0.685. The molecule has 64 valence electrons. The molecule has 1 aromatic heterocycles. The molecule has 2 fully saturated rings. The molecule has 2 nitrogen and oxygen atoms in total. The number of nitrogens with one attached hydrogen (secondary N) is 1. The average Bonchev–Trinajstić information content (AvgIpc) is 2.33. The largest absolute Gasteiger partial charge is 0.468 e. The van der Waals surface area contributed by atoms with Crippen molar-refractivity contribution >= 4 is 0 Å². The minimum atomic E-state index is 0.515. The topological polar surface area (TPSA) is 25.2 Å². The van der Waals surface area contributed by atoms with Gasteiger partial charge in [-0.15, -0.1) is 0 Å². The first-order chi connectivity index (χ1) is 5.91. The summed E-state index contributed by atoms with van der Waals surface area (Å²) < 4.78 is 5.41. The van der Waals surface area contributed by atoms with E-state index in [4.69, 9.17) is 4.42 Å². The highest BCUT2D eigenvalue weighted by Gasteiger charge is 2.52. The van der Waals surface area contributed by atoms with Crippen LogP contribution < -0.4 is 5.32 Å². The Bertz CT molecular complexity index is 269.